The SMILES string of the molecule is CCCCCCCCCCCCCCCCCCC.[H-].[H-].[K+].[K+]. The van der Waals surface area contributed by atoms with E-state index < -0.39 is 0 Å². The first-order valence-corrected chi connectivity index (χ1v) is 9.41. The quantitative estimate of drug-likeness (QED) is 0.295. The molecule has 0 spiro atoms. The molecule has 0 N–H and O–H groups in total. The first-order chi connectivity index (χ1) is 9.41. The van der Waals surface area contributed by atoms with Crippen molar-refractivity contribution < 1.29 is 106 Å². The van der Waals surface area contributed by atoms with Gasteiger partial charge in [-0.3, -0.25) is 0 Å². The van der Waals surface area contributed by atoms with Gasteiger partial charge in [-0.25, -0.2) is 0 Å². The van der Waals surface area contributed by atoms with Gasteiger partial charge in [0.15, 0.2) is 0 Å². The van der Waals surface area contributed by atoms with Gasteiger partial charge < -0.3 is 2.85 Å². The van der Waals surface area contributed by atoms with Crippen molar-refractivity contribution in [1.29, 1.82) is 0 Å². The molecule has 0 radical (unpaired) electrons. The number of hydrogen-bond acceptors (Lipinski definition) is 0. The molecule has 21 heavy (non-hydrogen) atoms. The molecule has 0 aromatic heterocycles. The molecule has 0 heterocycles. The van der Waals surface area contributed by atoms with Crippen molar-refractivity contribution >= 4 is 0 Å². The van der Waals surface area contributed by atoms with Crippen molar-refractivity contribution in [3.05, 3.63) is 0 Å². The standard InChI is InChI=1S/C19H40.2K.2H/c1-3-5-7-9-11-13-15-17-19-18-16-14-12-10-8-6-4-2;;;;/h3-19H2,1-2H3;;;;/q;2*+1;2*-1. The summed E-state index contributed by atoms with van der Waals surface area (Å²) in [6.45, 7) is 4.59. The normalized spacial score (nSPS) is 10.0. The van der Waals surface area contributed by atoms with Gasteiger partial charge in [-0.05, 0) is 0 Å². The molecule has 0 aliphatic rings. The second-order valence-electron chi connectivity index (χ2n) is 6.30. The Labute approximate surface area is 224 Å². The fourth-order valence-electron chi connectivity index (χ4n) is 2.80. The van der Waals surface area contributed by atoms with Gasteiger partial charge in [0.1, 0.15) is 0 Å². The molecule has 0 aliphatic carbocycles. The molecule has 0 bridgehead atoms. The van der Waals surface area contributed by atoms with E-state index in [0.29, 0.717) is 0 Å². The van der Waals surface area contributed by atoms with E-state index in [-0.39, 0.29) is 106 Å². The fraction of sp³-hybridized carbons (Fsp3) is 1.00. The summed E-state index contributed by atoms with van der Waals surface area (Å²) < 4.78 is 0. The molecule has 0 aliphatic heterocycles. The molecule has 2 heteroatoms. The molecule has 0 atom stereocenters. The molecular weight excluding hydrogens is 306 g/mol. The number of unbranched alkanes of at least 4 members (excludes halogenated alkanes) is 16. The van der Waals surface area contributed by atoms with Crippen LogP contribution in [0.5, 0.6) is 0 Å². The molecule has 0 fully saturated rings. The average molecular weight is 349 g/mol. The maximum Gasteiger partial charge on any atom is 1.00 e. The van der Waals surface area contributed by atoms with Gasteiger partial charge in [-0.1, -0.05) is 123 Å². The van der Waals surface area contributed by atoms with E-state index in [9.17, 15) is 0 Å². The first kappa shape index (κ1) is 29.1. The minimum absolute atomic E-state index is 0. The molecule has 120 valence electrons. The van der Waals surface area contributed by atoms with Crippen LogP contribution in [0.3, 0.4) is 0 Å². The summed E-state index contributed by atoms with van der Waals surface area (Å²) >= 11 is 0. The fourth-order valence-corrected chi connectivity index (χ4v) is 2.80. The van der Waals surface area contributed by atoms with E-state index in [1.807, 2.05) is 0 Å². The summed E-state index contributed by atoms with van der Waals surface area (Å²) in [6, 6.07) is 0. The van der Waals surface area contributed by atoms with Gasteiger partial charge in [-0.2, -0.15) is 0 Å². The third-order valence-electron chi connectivity index (χ3n) is 4.21. The predicted molar refractivity (Wildman–Crippen MR) is 92.1 cm³/mol. The van der Waals surface area contributed by atoms with Gasteiger partial charge in [-0.15, -0.1) is 0 Å². The smallest absolute Gasteiger partial charge is 1.00 e. The average Bonchev–Trinajstić information content (AvgIpc) is 2.43. The Kier molecular flexibility index (Phi) is 38.9. The zero-order chi connectivity index (χ0) is 14.0. The van der Waals surface area contributed by atoms with Gasteiger partial charge in [0.05, 0.1) is 0 Å². The van der Waals surface area contributed by atoms with Crippen LogP contribution in [0.1, 0.15) is 126 Å². The van der Waals surface area contributed by atoms with E-state index >= 15 is 0 Å². The second-order valence-corrected chi connectivity index (χ2v) is 6.30. The molecule has 0 aromatic carbocycles. The molecule has 0 rings (SSSR count). The van der Waals surface area contributed by atoms with Crippen molar-refractivity contribution in [2.24, 2.45) is 0 Å². The maximum atomic E-state index is 2.30. The van der Waals surface area contributed by atoms with Gasteiger partial charge >= 0.3 is 103 Å². The molecule has 0 saturated heterocycles. The summed E-state index contributed by atoms with van der Waals surface area (Å²) in [5.41, 5.74) is 0. The van der Waals surface area contributed by atoms with E-state index in [1.54, 1.807) is 0 Å². The van der Waals surface area contributed by atoms with Crippen LogP contribution >= 0.6 is 0 Å². The van der Waals surface area contributed by atoms with E-state index in [2.05, 4.69) is 13.8 Å². The predicted octanol–water partition coefficient (Wildman–Crippen LogP) is 1.89. The number of hydrogen-bond donors (Lipinski definition) is 0. The van der Waals surface area contributed by atoms with E-state index in [4.69, 9.17) is 0 Å². The third-order valence-corrected chi connectivity index (χ3v) is 4.21. The number of rotatable bonds is 16. The van der Waals surface area contributed by atoms with Crippen molar-refractivity contribution in [3.63, 3.8) is 0 Å². The Morgan fingerprint density at radius 3 is 0.619 bits per heavy atom. The zero-order valence-electron chi connectivity index (χ0n) is 18.0. The van der Waals surface area contributed by atoms with E-state index in [0.717, 1.165) is 0 Å². The monoisotopic (exact) mass is 348 g/mol. The second kappa shape index (κ2) is 28.1. The first-order valence-electron chi connectivity index (χ1n) is 9.41. The van der Waals surface area contributed by atoms with Crippen LogP contribution in [0.4, 0.5) is 0 Å². The van der Waals surface area contributed by atoms with Crippen LogP contribution in [-0.2, 0) is 0 Å². The summed E-state index contributed by atoms with van der Waals surface area (Å²) in [6.07, 6.45) is 24.9. The van der Waals surface area contributed by atoms with E-state index in [1.165, 1.54) is 109 Å². The Bertz CT molecular complexity index is 142. The minimum atomic E-state index is 0. The molecule has 0 nitrogen and oxygen atoms in total. The molecule has 0 aromatic rings. The van der Waals surface area contributed by atoms with Crippen LogP contribution in [-0.4, -0.2) is 0 Å². The Balaban J connectivity index is -0.000000270. The van der Waals surface area contributed by atoms with Gasteiger partial charge in [0, 0.05) is 0 Å². The summed E-state index contributed by atoms with van der Waals surface area (Å²) in [5.74, 6) is 0. The Hall–Kier alpha value is 3.27. The van der Waals surface area contributed by atoms with Crippen LogP contribution in [0.15, 0.2) is 0 Å². The van der Waals surface area contributed by atoms with Crippen LogP contribution in [0.2, 0.25) is 0 Å². The van der Waals surface area contributed by atoms with Gasteiger partial charge in [0.25, 0.3) is 0 Å². The van der Waals surface area contributed by atoms with Crippen molar-refractivity contribution in [3.8, 4) is 0 Å². The van der Waals surface area contributed by atoms with Crippen molar-refractivity contribution in [2.75, 3.05) is 0 Å². The van der Waals surface area contributed by atoms with Crippen LogP contribution in [0.25, 0.3) is 0 Å². The van der Waals surface area contributed by atoms with Crippen molar-refractivity contribution in [1.82, 2.24) is 0 Å². The van der Waals surface area contributed by atoms with Crippen LogP contribution in [0, 0.1) is 0 Å². The molecular formula is C19H42K2. The summed E-state index contributed by atoms with van der Waals surface area (Å²) in [5, 5.41) is 0. The third kappa shape index (κ3) is 28.4. The topological polar surface area (TPSA) is 0 Å². The van der Waals surface area contributed by atoms with Crippen molar-refractivity contribution in [2.45, 2.75) is 123 Å². The molecule has 0 amide bonds. The maximum absolute atomic E-state index is 2.30. The van der Waals surface area contributed by atoms with Crippen LogP contribution < -0.4 is 103 Å². The zero-order valence-corrected chi connectivity index (χ0v) is 22.3. The summed E-state index contributed by atoms with van der Waals surface area (Å²) in [7, 11) is 0. The Morgan fingerprint density at radius 1 is 0.333 bits per heavy atom. The van der Waals surface area contributed by atoms with Gasteiger partial charge in [0.2, 0.25) is 0 Å². The minimum Gasteiger partial charge on any atom is -1.00 e. The molecule has 0 unspecified atom stereocenters. The summed E-state index contributed by atoms with van der Waals surface area (Å²) in [4.78, 5) is 0. The largest absolute Gasteiger partial charge is 1.00 e. The Morgan fingerprint density at radius 2 is 0.476 bits per heavy atom. The molecule has 0 saturated carbocycles.